The number of nitrogens with one attached hydrogen (secondary N) is 1. The molecule has 0 aliphatic rings. The van der Waals surface area contributed by atoms with E-state index in [9.17, 15) is 0 Å². The molecule has 6 heteroatoms. The van der Waals surface area contributed by atoms with E-state index in [1.165, 1.54) is 0 Å². The summed E-state index contributed by atoms with van der Waals surface area (Å²) in [4.78, 5) is 0. The molecule has 98 valence electrons. The van der Waals surface area contributed by atoms with Gasteiger partial charge in [-0.3, -0.25) is 16.0 Å². The van der Waals surface area contributed by atoms with E-state index >= 15 is 0 Å². The number of hydrazine groups is 1. The first-order chi connectivity index (χ1) is 8.52. The Labute approximate surface area is 111 Å². The second kappa shape index (κ2) is 5.14. The highest BCUT2D eigenvalue weighted by Crippen LogP contribution is 2.26. The van der Waals surface area contributed by atoms with Crippen molar-refractivity contribution in [3.05, 3.63) is 40.1 Å². The summed E-state index contributed by atoms with van der Waals surface area (Å²) in [6, 6.07) is 1.91. The average Bonchev–Trinajstić information content (AvgIpc) is 2.84. The first kappa shape index (κ1) is 13.1. The molecular formula is C12H17ClN4O. The van der Waals surface area contributed by atoms with Gasteiger partial charge in [0.15, 0.2) is 0 Å². The lowest BCUT2D eigenvalue weighted by atomic mass is 10.1. The predicted molar refractivity (Wildman–Crippen MR) is 70.2 cm³/mol. The summed E-state index contributed by atoms with van der Waals surface area (Å²) in [7, 11) is 1.88. The lowest BCUT2D eigenvalue weighted by Crippen LogP contribution is -2.29. The van der Waals surface area contributed by atoms with E-state index in [-0.39, 0.29) is 6.04 Å². The van der Waals surface area contributed by atoms with Gasteiger partial charge in [-0.1, -0.05) is 11.6 Å². The van der Waals surface area contributed by atoms with Crippen molar-refractivity contribution in [2.45, 2.75) is 26.3 Å². The average molecular weight is 269 g/mol. The molecule has 1 atom stereocenters. The van der Waals surface area contributed by atoms with Gasteiger partial charge in [-0.15, -0.1) is 0 Å². The molecule has 0 saturated carbocycles. The molecule has 0 aliphatic carbocycles. The van der Waals surface area contributed by atoms with Crippen LogP contribution in [-0.2, 0) is 13.5 Å². The van der Waals surface area contributed by atoms with E-state index in [0.29, 0.717) is 11.4 Å². The van der Waals surface area contributed by atoms with Gasteiger partial charge in [-0.05, 0) is 19.9 Å². The Hall–Kier alpha value is -1.30. The molecule has 2 heterocycles. The number of furan rings is 1. The second-order valence-corrected chi connectivity index (χ2v) is 4.76. The Balaban J connectivity index is 2.25. The summed E-state index contributed by atoms with van der Waals surface area (Å²) >= 11 is 6.23. The molecule has 0 amide bonds. The maximum absolute atomic E-state index is 6.23. The molecule has 1 unspecified atom stereocenters. The minimum atomic E-state index is -0.0465. The lowest BCUT2D eigenvalue weighted by Gasteiger charge is -2.14. The molecule has 0 fully saturated rings. The van der Waals surface area contributed by atoms with Crippen molar-refractivity contribution >= 4 is 11.6 Å². The summed E-state index contributed by atoms with van der Waals surface area (Å²) in [5.41, 5.74) is 5.57. The van der Waals surface area contributed by atoms with Crippen LogP contribution >= 0.6 is 11.6 Å². The third-order valence-corrected chi connectivity index (χ3v) is 3.51. The van der Waals surface area contributed by atoms with Gasteiger partial charge < -0.3 is 4.42 Å². The monoisotopic (exact) mass is 268 g/mol. The van der Waals surface area contributed by atoms with Crippen molar-refractivity contribution < 1.29 is 4.42 Å². The van der Waals surface area contributed by atoms with Gasteiger partial charge in [0.05, 0.1) is 28.7 Å². The number of hydrogen-bond donors (Lipinski definition) is 2. The smallest absolute Gasteiger partial charge is 0.101 e. The van der Waals surface area contributed by atoms with Gasteiger partial charge in [-0.2, -0.15) is 5.10 Å². The van der Waals surface area contributed by atoms with Crippen LogP contribution < -0.4 is 11.3 Å². The maximum atomic E-state index is 6.23. The lowest BCUT2D eigenvalue weighted by molar-refractivity contribution is 0.503. The van der Waals surface area contributed by atoms with E-state index in [4.69, 9.17) is 21.9 Å². The minimum absolute atomic E-state index is 0.0465. The van der Waals surface area contributed by atoms with Crippen molar-refractivity contribution in [3.63, 3.8) is 0 Å². The fourth-order valence-corrected chi connectivity index (χ4v) is 2.25. The van der Waals surface area contributed by atoms with Crippen LogP contribution in [0.25, 0.3) is 0 Å². The SMILES string of the molecule is Cc1cc(C(Cc2c(Cl)c(C)nn2C)NN)co1. The molecule has 2 aromatic rings. The Morgan fingerprint density at radius 3 is 2.72 bits per heavy atom. The van der Waals surface area contributed by atoms with E-state index in [1.54, 1.807) is 10.9 Å². The van der Waals surface area contributed by atoms with Crippen LogP contribution in [0.2, 0.25) is 5.02 Å². The molecule has 0 spiro atoms. The number of nitrogens with two attached hydrogens (primary N) is 1. The fraction of sp³-hybridized carbons (Fsp3) is 0.417. The van der Waals surface area contributed by atoms with E-state index in [0.717, 1.165) is 22.7 Å². The van der Waals surface area contributed by atoms with Crippen LogP contribution in [0.1, 0.15) is 28.8 Å². The van der Waals surface area contributed by atoms with E-state index < -0.39 is 0 Å². The Morgan fingerprint density at radius 2 is 2.28 bits per heavy atom. The summed E-state index contributed by atoms with van der Waals surface area (Å²) in [6.07, 6.45) is 2.36. The highest BCUT2D eigenvalue weighted by atomic mass is 35.5. The number of hydrogen-bond acceptors (Lipinski definition) is 4. The molecular weight excluding hydrogens is 252 g/mol. The molecule has 0 aromatic carbocycles. The molecule has 5 nitrogen and oxygen atoms in total. The van der Waals surface area contributed by atoms with E-state index in [2.05, 4.69) is 10.5 Å². The van der Waals surface area contributed by atoms with Crippen LogP contribution in [0.4, 0.5) is 0 Å². The number of nitrogens with zero attached hydrogens (tertiary/aromatic N) is 2. The number of aryl methyl sites for hydroxylation is 3. The van der Waals surface area contributed by atoms with Gasteiger partial charge in [0.25, 0.3) is 0 Å². The molecule has 3 N–H and O–H groups in total. The number of aromatic nitrogens is 2. The van der Waals surface area contributed by atoms with Crippen molar-refractivity contribution in [2.75, 3.05) is 0 Å². The van der Waals surface area contributed by atoms with Crippen LogP contribution in [-0.4, -0.2) is 9.78 Å². The minimum Gasteiger partial charge on any atom is -0.469 e. The van der Waals surface area contributed by atoms with Gasteiger partial charge in [0.1, 0.15) is 5.76 Å². The highest BCUT2D eigenvalue weighted by Gasteiger charge is 2.18. The largest absolute Gasteiger partial charge is 0.469 e. The second-order valence-electron chi connectivity index (χ2n) is 4.38. The first-order valence-electron chi connectivity index (χ1n) is 5.72. The molecule has 2 aromatic heterocycles. The molecule has 0 radical (unpaired) electrons. The zero-order chi connectivity index (χ0) is 13.3. The van der Waals surface area contributed by atoms with Gasteiger partial charge >= 0.3 is 0 Å². The molecule has 0 aliphatic heterocycles. The zero-order valence-electron chi connectivity index (χ0n) is 10.7. The molecule has 0 bridgehead atoms. The normalized spacial score (nSPS) is 12.9. The third-order valence-electron chi connectivity index (χ3n) is 3.01. The Bertz CT molecular complexity index is 546. The Morgan fingerprint density at radius 1 is 1.56 bits per heavy atom. The van der Waals surface area contributed by atoms with Crippen LogP contribution in [0, 0.1) is 13.8 Å². The van der Waals surface area contributed by atoms with E-state index in [1.807, 2.05) is 27.0 Å². The maximum Gasteiger partial charge on any atom is 0.101 e. The number of halogens is 1. The molecule has 2 rings (SSSR count). The van der Waals surface area contributed by atoms with Crippen molar-refractivity contribution in [3.8, 4) is 0 Å². The van der Waals surface area contributed by atoms with Crippen LogP contribution in [0.3, 0.4) is 0 Å². The third kappa shape index (κ3) is 2.43. The van der Waals surface area contributed by atoms with Crippen LogP contribution in [0.15, 0.2) is 16.7 Å². The number of rotatable bonds is 4. The Kier molecular flexibility index (Phi) is 3.75. The van der Waals surface area contributed by atoms with Crippen molar-refractivity contribution in [1.29, 1.82) is 0 Å². The zero-order valence-corrected chi connectivity index (χ0v) is 11.5. The summed E-state index contributed by atoms with van der Waals surface area (Å²) in [6.45, 7) is 3.79. The van der Waals surface area contributed by atoms with Crippen molar-refractivity contribution in [1.82, 2.24) is 15.2 Å². The topological polar surface area (TPSA) is 69.0 Å². The van der Waals surface area contributed by atoms with Gasteiger partial charge in [0.2, 0.25) is 0 Å². The summed E-state index contributed by atoms with van der Waals surface area (Å²) < 4.78 is 7.09. The predicted octanol–water partition coefficient (Wildman–Crippen LogP) is 2.03. The van der Waals surface area contributed by atoms with Gasteiger partial charge in [0, 0.05) is 19.0 Å². The summed E-state index contributed by atoms with van der Waals surface area (Å²) in [5, 5.41) is 4.98. The van der Waals surface area contributed by atoms with Crippen molar-refractivity contribution in [2.24, 2.45) is 12.9 Å². The van der Waals surface area contributed by atoms with Gasteiger partial charge in [-0.25, -0.2) is 0 Å². The quantitative estimate of drug-likeness (QED) is 0.658. The molecule has 0 saturated heterocycles. The van der Waals surface area contributed by atoms with Crippen LogP contribution in [0.5, 0.6) is 0 Å². The fourth-order valence-electron chi connectivity index (χ4n) is 2.01. The molecule has 18 heavy (non-hydrogen) atoms. The summed E-state index contributed by atoms with van der Waals surface area (Å²) in [5.74, 6) is 6.46. The first-order valence-corrected chi connectivity index (χ1v) is 6.10. The standard InChI is InChI=1S/C12H17ClN4O/c1-7-4-9(6-18-7)10(15-14)5-11-12(13)8(2)16-17(11)3/h4,6,10,15H,5,14H2,1-3H3. The highest BCUT2D eigenvalue weighted by molar-refractivity contribution is 6.31.